The average molecular weight is 315 g/mol. The average Bonchev–Trinajstić information content (AvgIpc) is 3.18. The van der Waals surface area contributed by atoms with E-state index in [0.717, 1.165) is 5.56 Å². The fourth-order valence-electron chi connectivity index (χ4n) is 2.23. The van der Waals surface area contributed by atoms with E-state index in [4.69, 9.17) is 27.9 Å². The molecule has 0 bridgehead atoms. The summed E-state index contributed by atoms with van der Waals surface area (Å²) in [7, 11) is 0. The first kappa shape index (κ1) is 15.3. The van der Waals surface area contributed by atoms with Gasteiger partial charge in [0.05, 0.1) is 12.5 Å². The lowest BCUT2D eigenvalue weighted by molar-refractivity contribution is -0.145. The van der Waals surface area contributed by atoms with E-state index in [2.05, 4.69) is 0 Å². The molecule has 3 nitrogen and oxygen atoms in total. The van der Waals surface area contributed by atoms with Gasteiger partial charge in [0, 0.05) is 22.4 Å². The van der Waals surface area contributed by atoms with E-state index in [0.29, 0.717) is 35.9 Å². The summed E-state index contributed by atoms with van der Waals surface area (Å²) in [6.45, 7) is 2.12. The van der Waals surface area contributed by atoms with Crippen molar-refractivity contribution in [2.24, 2.45) is 11.8 Å². The molecular formula is C15H16Cl2O3. The maximum Gasteiger partial charge on any atom is 0.309 e. The van der Waals surface area contributed by atoms with Crippen LogP contribution in [0.4, 0.5) is 0 Å². The zero-order chi connectivity index (χ0) is 14.7. The largest absolute Gasteiger partial charge is 0.466 e. The van der Waals surface area contributed by atoms with Gasteiger partial charge in [-0.25, -0.2) is 0 Å². The second-order valence-electron chi connectivity index (χ2n) is 4.90. The van der Waals surface area contributed by atoms with Gasteiger partial charge < -0.3 is 4.74 Å². The Kier molecular flexibility index (Phi) is 5.06. The van der Waals surface area contributed by atoms with Crippen LogP contribution in [0.2, 0.25) is 10.0 Å². The topological polar surface area (TPSA) is 43.4 Å². The summed E-state index contributed by atoms with van der Waals surface area (Å²) in [5, 5.41) is 1.15. The van der Waals surface area contributed by atoms with E-state index in [1.807, 2.05) is 6.07 Å². The molecule has 108 valence electrons. The Labute approximate surface area is 128 Å². The van der Waals surface area contributed by atoms with Crippen molar-refractivity contribution in [3.63, 3.8) is 0 Å². The van der Waals surface area contributed by atoms with Crippen molar-refractivity contribution in [2.75, 3.05) is 6.61 Å². The molecule has 0 radical (unpaired) electrons. The number of aryl methyl sites for hydroxylation is 1. The Bertz CT molecular complexity index is 528. The van der Waals surface area contributed by atoms with E-state index < -0.39 is 0 Å². The number of benzene rings is 1. The van der Waals surface area contributed by atoms with Crippen LogP contribution in [0.5, 0.6) is 0 Å². The van der Waals surface area contributed by atoms with Crippen LogP contribution in [-0.2, 0) is 20.7 Å². The van der Waals surface area contributed by atoms with Crippen molar-refractivity contribution in [3.05, 3.63) is 33.8 Å². The van der Waals surface area contributed by atoms with Crippen LogP contribution in [0, 0.1) is 11.8 Å². The molecule has 0 amide bonds. The molecule has 20 heavy (non-hydrogen) atoms. The van der Waals surface area contributed by atoms with Gasteiger partial charge in [0.25, 0.3) is 0 Å². The minimum atomic E-state index is -0.254. The van der Waals surface area contributed by atoms with Gasteiger partial charge in [-0.3, -0.25) is 9.59 Å². The second-order valence-corrected chi connectivity index (χ2v) is 5.75. The Balaban J connectivity index is 1.83. The van der Waals surface area contributed by atoms with Crippen molar-refractivity contribution in [1.29, 1.82) is 0 Å². The number of halogens is 2. The summed E-state index contributed by atoms with van der Waals surface area (Å²) in [5.41, 5.74) is 0.901. The first-order chi connectivity index (χ1) is 9.52. The van der Waals surface area contributed by atoms with Gasteiger partial charge in [-0.15, -0.1) is 0 Å². The third kappa shape index (κ3) is 3.74. The molecular weight excluding hydrogens is 299 g/mol. The number of hydrogen-bond acceptors (Lipinski definition) is 3. The molecule has 0 unspecified atom stereocenters. The third-order valence-corrected chi connectivity index (χ3v) is 4.04. The Hall–Kier alpha value is -1.06. The highest BCUT2D eigenvalue weighted by Gasteiger charge is 2.48. The summed E-state index contributed by atoms with van der Waals surface area (Å²) < 4.78 is 4.91. The molecule has 1 aliphatic carbocycles. The van der Waals surface area contributed by atoms with Crippen molar-refractivity contribution < 1.29 is 14.3 Å². The molecule has 5 heteroatoms. The smallest absolute Gasteiger partial charge is 0.309 e. The summed E-state index contributed by atoms with van der Waals surface area (Å²) in [6.07, 6.45) is 1.58. The van der Waals surface area contributed by atoms with Crippen LogP contribution in [-0.4, -0.2) is 18.4 Å². The molecule has 1 aromatic rings. The molecule has 0 saturated heterocycles. The van der Waals surface area contributed by atoms with Crippen LogP contribution < -0.4 is 0 Å². The van der Waals surface area contributed by atoms with E-state index >= 15 is 0 Å². The summed E-state index contributed by atoms with van der Waals surface area (Å²) in [5.74, 6) is -0.548. The van der Waals surface area contributed by atoms with Gasteiger partial charge in [0.2, 0.25) is 0 Å². The predicted octanol–water partition coefficient (Wildman–Crippen LogP) is 3.69. The minimum Gasteiger partial charge on any atom is -0.466 e. The van der Waals surface area contributed by atoms with Crippen molar-refractivity contribution in [3.8, 4) is 0 Å². The van der Waals surface area contributed by atoms with E-state index in [9.17, 15) is 9.59 Å². The van der Waals surface area contributed by atoms with Gasteiger partial charge >= 0.3 is 5.97 Å². The van der Waals surface area contributed by atoms with E-state index in [1.165, 1.54) is 0 Å². The van der Waals surface area contributed by atoms with Crippen molar-refractivity contribution in [1.82, 2.24) is 0 Å². The lowest BCUT2D eigenvalue weighted by Gasteiger charge is -2.04. The van der Waals surface area contributed by atoms with Gasteiger partial charge in [0.1, 0.15) is 5.78 Å². The highest BCUT2D eigenvalue weighted by Crippen LogP contribution is 2.41. The molecule has 1 aliphatic rings. The van der Waals surface area contributed by atoms with Gasteiger partial charge in [-0.2, -0.15) is 0 Å². The number of carbonyl (C=O) groups is 2. The molecule has 1 saturated carbocycles. The molecule has 0 aliphatic heterocycles. The first-order valence-corrected chi connectivity index (χ1v) is 7.41. The molecule has 0 aromatic heterocycles. The number of hydrogen-bond donors (Lipinski definition) is 0. The number of rotatable bonds is 6. The van der Waals surface area contributed by atoms with Crippen LogP contribution in [0.25, 0.3) is 0 Å². The third-order valence-electron chi connectivity index (χ3n) is 3.45. The molecule has 0 heterocycles. The number of carbonyl (C=O) groups excluding carboxylic acids is 2. The van der Waals surface area contributed by atoms with Crippen LogP contribution >= 0.6 is 23.2 Å². The SMILES string of the molecule is CCOC(=O)[C@H]1C[C@@H]1C(=O)CCc1ccc(Cl)cc1Cl. The molecule has 2 rings (SSSR count). The van der Waals surface area contributed by atoms with Gasteiger partial charge in [-0.05, 0) is 37.5 Å². The maximum absolute atomic E-state index is 12.0. The van der Waals surface area contributed by atoms with Crippen molar-refractivity contribution in [2.45, 2.75) is 26.2 Å². The number of Topliss-reactive ketones (excluding diaryl/α,β-unsaturated/α-hetero) is 1. The minimum absolute atomic E-state index is 0.106. The normalized spacial score (nSPS) is 20.6. The molecule has 1 aromatic carbocycles. The Morgan fingerprint density at radius 3 is 2.70 bits per heavy atom. The molecule has 0 spiro atoms. The second kappa shape index (κ2) is 6.59. The van der Waals surface area contributed by atoms with E-state index in [-0.39, 0.29) is 23.6 Å². The number of esters is 1. The monoisotopic (exact) mass is 314 g/mol. The lowest BCUT2D eigenvalue weighted by Crippen LogP contribution is -2.12. The fourth-order valence-corrected chi connectivity index (χ4v) is 2.73. The van der Waals surface area contributed by atoms with Crippen LogP contribution in [0.1, 0.15) is 25.3 Å². The molecule has 0 N–H and O–H groups in total. The Morgan fingerprint density at radius 2 is 2.05 bits per heavy atom. The standard InChI is InChI=1S/C15H16Cl2O3/c1-2-20-15(19)12-8-11(12)14(18)6-4-9-3-5-10(16)7-13(9)17/h3,5,7,11-12H,2,4,6,8H2,1H3/t11-,12-/m0/s1. The summed E-state index contributed by atoms with van der Waals surface area (Å²) >= 11 is 11.9. The predicted molar refractivity (Wildman–Crippen MR) is 78.0 cm³/mol. The van der Waals surface area contributed by atoms with Gasteiger partial charge in [0.15, 0.2) is 0 Å². The van der Waals surface area contributed by atoms with E-state index in [1.54, 1.807) is 19.1 Å². The highest BCUT2D eigenvalue weighted by atomic mass is 35.5. The Morgan fingerprint density at radius 1 is 1.30 bits per heavy atom. The van der Waals surface area contributed by atoms with Crippen molar-refractivity contribution >= 4 is 35.0 Å². The zero-order valence-corrected chi connectivity index (χ0v) is 12.7. The highest BCUT2D eigenvalue weighted by molar-refractivity contribution is 6.35. The quantitative estimate of drug-likeness (QED) is 0.752. The zero-order valence-electron chi connectivity index (χ0n) is 11.2. The summed E-state index contributed by atoms with van der Waals surface area (Å²) in [4.78, 5) is 23.5. The van der Waals surface area contributed by atoms with Crippen LogP contribution in [0.15, 0.2) is 18.2 Å². The summed E-state index contributed by atoms with van der Waals surface area (Å²) in [6, 6.07) is 5.25. The molecule has 2 atom stereocenters. The maximum atomic E-state index is 12.0. The van der Waals surface area contributed by atoms with Crippen LogP contribution in [0.3, 0.4) is 0 Å². The number of ether oxygens (including phenoxy) is 1. The fraction of sp³-hybridized carbons (Fsp3) is 0.467. The van der Waals surface area contributed by atoms with Gasteiger partial charge in [-0.1, -0.05) is 29.3 Å². The lowest BCUT2D eigenvalue weighted by atomic mass is 10.0. The number of ketones is 1. The first-order valence-electron chi connectivity index (χ1n) is 6.66. The molecule has 1 fully saturated rings.